The van der Waals surface area contributed by atoms with Gasteiger partial charge in [0.1, 0.15) is 5.82 Å². The number of nitrogens with zero attached hydrogens (tertiary/aromatic N) is 2. The lowest BCUT2D eigenvalue weighted by molar-refractivity contribution is -0.133. The van der Waals surface area contributed by atoms with Gasteiger partial charge in [-0.25, -0.2) is 4.39 Å². The summed E-state index contributed by atoms with van der Waals surface area (Å²) in [5, 5.41) is 3.18. The lowest BCUT2D eigenvalue weighted by Crippen LogP contribution is -2.50. The third-order valence-electron chi connectivity index (χ3n) is 5.36. The molecule has 2 amide bonds. The van der Waals surface area contributed by atoms with Crippen molar-refractivity contribution in [1.29, 1.82) is 0 Å². The number of anilines is 1. The van der Waals surface area contributed by atoms with Crippen LogP contribution in [0.25, 0.3) is 0 Å². The van der Waals surface area contributed by atoms with Crippen molar-refractivity contribution in [2.24, 2.45) is 0 Å². The smallest absolute Gasteiger partial charge is 0.253 e. The highest BCUT2D eigenvalue weighted by Crippen LogP contribution is 2.35. The predicted octanol–water partition coefficient (Wildman–Crippen LogP) is 2.71. The Morgan fingerprint density at radius 1 is 0.963 bits per heavy atom. The fraction of sp³-hybridized carbons (Fsp3) is 0.333. The molecule has 0 saturated carbocycles. The van der Waals surface area contributed by atoms with Crippen LogP contribution < -0.4 is 5.32 Å². The molecule has 1 saturated heterocycles. The average molecular weight is 367 g/mol. The van der Waals surface area contributed by atoms with E-state index in [0.717, 1.165) is 5.69 Å². The van der Waals surface area contributed by atoms with Gasteiger partial charge in [0.15, 0.2) is 0 Å². The quantitative estimate of drug-likeness (QED) is 0.908. The molecule has 0 aromatic heterocycles. The summed E-state index contributed by atoms with van der Waals surface area (Å²) in [4.78, 5) is 28.8. The third-order valence-corrected chi connectivity index (χ3v) is 5.36. The molecule has 0 bridgehead atoms. The maximum absolute atomic E-state index is 14.1. The van der Waals surface area contributed by atoms with Gasteiger partial charge in [0.2, 0.25) is 5.91 Å². The van der Waals surface area contributed by atoms with Gasteiger partial charge in [-0.2, -0.15) is 0 Å². The number of hydrogen-bond donors (Lipinski definition) is 1. The minimum Gasteiger partial charge on any atom is -0.384 e. The minimum atomic E-state index is -0.256. The highest BCUT2D eigenvalue weighted by atomic mass is 19.1. The van der Waals surface area contributed by atoms with E-state index in [1.165, 1.54) is 6.07 Å². The number of carbonyl (C=O) groups excluding carboxylic acids is 2. The number of piperazine rings is 1. The molecule has 1 unspecified atom stereocenters. The Morgan fingerprint density at radius 2 is 1.67 bits per heavy atom. The van der Waals surface area contributed by atoms with Gasteiger partial charge in [0.25, 0.3) is 5.91 Å². The van der Waals surface area contributed by atoms with Gasteiger partial charge in [0, 0.05) is 61.9 Å². The summed E-state index contributed by atoms with van der Waals surface area (Å²) in [5.41, 5.74) is 2.07. The van der Waals surface area contributed by atoms with Crippen molar-refractivity contribution in [3.05, 3.63) is 65.5 Å². The maximum Gasteiger partial charge on any atom is 0.253 e. The van der Waals surface area contributed by atoms with Crippen molar-refractivity contribution in [3.63, 3.8) is 0 Å². The van der Waals surface area contributed by atoms with Crippen LogP contribution in [0.4, 0.5) is 10.1 Å². The number of nitrogens with one attached hydrogen (secondary N) is 1. The Hall–Kier alpha value is -2.89. The van der Waals surface area contributed by atoms with Crippen molar-refractivity contribution >= 4 is 17.5 Å². The molecule has 0 aliphatic carbocycles. The van der Waals surface area contributed by atoms with E-state index in [2.05, 4.69) is 5.32 Å². The van der Waals surface area contributed by atoms with Gasteiger partial charge in [-0.3, -0.25) is 9.59 Å². The molecule has 1 N–H and O–H groups in total. The van der Waals surface area contributed by atoms with Crippen molar-refractivity contribution in [2.45, 2.75) is 12.3 Å². The number of carbonyl (C=O) groups is 2. The lowest BCUT2D eigenvalue weighted by atomic mass is 9.96. The molecule has 2 aromatic carbocycles. The zero-order chi connectivity index (χ0) is 18.8. The van der Waals surface area contributed by atoms with Crippen molar-refractivity contribution in [1.82, 2.24) is 9.80 Å². The van der Waals surface area contributed by atoms with Crippen LogP contribution in [-0.2, 0) is 4.79 Å². The second kappa shape index (κ2) is 7.39. The van der Waals surface area contributed by atoms with Crippen LogP contribution in [0, 0.1) is 5.82 Å². The van der Waals surface area contributed by atoms with Crippen molar-refractivity contribution < 1.29 is 14.0 Å². The number of benzene rings is 2. The highest BCUT2D eigenvalue weighted by molar-refractivity contribution is 5.94. The van der Waals surface area contributed by atoms with E-state index < -0.39 is 0 Å². The monoisotopic (exact) mass is 367 g/mol. The zero-order valence-corrected chi connectivity index (χ0v) is 15.0. The zero-order valence-electron chi connectivity index (χ0n) is 15.0. The summed E-state index contributed by atoms with van der Waals surface area (Å²) in [6.07, 6.45) is 0.285. The fourth-order valence-electron chi connectivity index (χ4n) is 3.88. The number of fused-ring (bicyclic) bond motifs is 1. The molecular formula is C21H22FN3O2. The molecule has 2 aliphatic heterocycles. The summed E-state index contributed by atoms with van der Waals surface area (Å²) in [6, 6.07) is 14.1. The van der Waals surface area contributed by atoms with Gasteiger partial charge in [0.05, 0.1) is 0 Å². The standard InChI is InChI=1S/C21H22FN3O2/c22-17-7-4-8-18-20(17)16(14-23-18)13-19(26)24-9-11-25(12-10-24)21(27)15-5-2-1-3-6-15/h1-8,16,23H,9-14H2. The van der Waals surface area contributed by atoms with E-state index in [9.17, 15) is 14.0 Å². The molecule has 2 aromatic rings. The van der Waals surface area contributed by atoms with E-state index >= 15 is 0 Å². The Kier molecular flexibility index (Phi) is 4.79. The molecule has 2 aliphatic rings. The van der Waals surface area contributed by atoms with E-state index in [4.69, 9.17) is 0 Å². The van der Waals surface area contributed by atoms with Gasteiger partial charge >= 0.3 is 0 Å². The van der Waals surface area contributed by atoms with Crippen LogP contribution in [-0.4, -0.2) is 54.3 Å². The number of amides is 2. The van der Waals surface area contributed by atoms with Crippen molar-refractivity contribution in [3.8, 4) is 0 Å². The minimum absolute atomic E-state index is 0.00121. The van der Waals surface area contributed by atoms with Gasteiger partial charge in [-0.15, -0.1) is 0 Å². The van der Waals surface area contributed by atoms with Crippen LogP contribution in [0.1, 0.15) is 28.3 Å². The van der Waals surface area contributed by atoms with Crippen LogP contribution in [0.15, 0.2) is 48.5 Å². The summed E-state index contributed by atoms with van der Waals surface area (Å²) in [5.74, 6) is -0.380. The van der Waals surface area contributed by atoms with Crippen LogP contribution in [0.2, 0.25) is 0 Å². The molecule has 27 heavy (non-hydrogen) atoms. The van der Waals surface area contributed by atoms with Gasteiger partial charge in [-0.05, 0) is 24.3 Å². The van der Waals surface area contributed by atoms with Gasteiger partial charge < -0.3 is 15.1 Å². The van der Waals surface area contributed by atoms with Crippen molar-refractivity contribution in [2.75, 3.05) is 38.0 Å². The summed E-state index contributed by atoms with van der Waals surface area (Å²) >= 11 is 0. The largest absolute Gasteiger partial charge is 0.384 e. The second-order valence-electron chi connectivity index (χ2n) is 7.02. The Labute approximate surface area is 157 Å². The SMILES string of the molecule is O=C(CC1CNc2cccc(F)c21)N1CCN(C(=O)c2ccccc2)CC1. The molecule has 0 radical (unpaired) electrons. The number of rotatable bonds is 3. The number of halogens is 1. The molecule has 140 valence electrons. The molecule has 0 spiro atoms. The highest BCUT2D eigenvalue weighted by Gasteiger charge is 2.31. The first kappa shape index (κ1) is 17.5. The lowest BCUT2D eigenvalue weighted by Gasteiger charge is -2.35. The molecule has 1 atom stereocenters. The first-order valence-electron chi connectivity index (χ1n) is 9.28. The van der Waals surface area contributed by atoms with E-state index in [0.29, 0.717) is 43.9 Å². The molecule has 4 rings (SSSR count). The van der Waals surface area contributed by atoms with Gasteiger partial charge in [-0.1, -0.05) is 24.3 Å². The Morgan fingerprint density at radius 3 is 2.41 bits per heavy atom. The second-order valence-corrected chi connectivity index (χ2v) is 7.02. The predicted molar refractivity (Wildman–Crippen MR) is 101 cm³/mol. The van der Waals surface area contributed by atoms with Crippen LogP contribution in [0.5, 0.6) is 0 Å². The van der Waals surface area contributed by atoms with E-state index in [1.54, 1.807) is 28.0 Å². The summed E-state index contributed by atoms with van der Waals surface area (Å²) < 4.78 is 14.1. The van der Waals surface area contributed by atoms with Crippen LogP contribution >= 0.6 is 0 Å². The Balaban J connectivity index is 1.34. The topological polar surface area (TPSA) is 52.7 Å². The summed E-state index contributed by atoms with van der Waals surface area (Å²) in [7, 11) is 0. The van der Waals surface area contributed by atoms with E-state index in [1.807, 2.05) is 24.3 Å². The average Bonchev–Trinajstić information content (AvgIpc) is 3.12. The Bertz CT molecular complexity index is 848. The summed E-state index contributed by atoms with van der Waals surface area (Å²) in [6.45, 7) is 2.65. The fourth-order valence-corrected chi connectivity index (χ4v) is 3.88. The third kappa shape index (κ3) is 3.52. The normalized spacial score (nSPS) is 18.8. The van der Waals surface area contributed by atoms with E-state index in [-0.39, 0.29) is 30.0 Å². The molecule has 1 fully saturated rings. The van der Waals surface area contributed by atoms with Crippen LogP contribution in [0.3, 0.4) is 0 Å². The maximum atomic E-state index is 14.1. The molecule has 6 heteroatoms. The number of hydrogen-bond acceptors (Lipinski definition) is 3. The first-order valence-corrected chi connectivity index (χ1v) is 9.28. The molecule has 2 heterocycles. The first-order chi connectivity index (χ1) is 13.1. The molecular weight excluding hydrogens is 345 g/mol. The molecule has 5 nitrogen and oxygen atoms in total.